The van der Waals surface area contributed by atoms with E-state index in [4.69, 9.17) is 23.0 Å². The Kier molecular flexibility index (Phi) is 2.78. The van der Waals surface area contributed by atoms with Crippen LogP contribution in [0.3, 0.4) is 0 Å². The third-order valence-corrected chi connectivity index (χ3v) is 1.95. The van der Waals surface area contributed by atoms with Crippen LogP contribution in [-0.4, -0.2) is 5.37 Å². The molecule has 0 aliphatic heterocycles. The van der Waals surface area contributed by atoms with E-state index in [1.54, 1.807) is 5.37 Å². The second kappa shape index (κ2) is 3.65. The zero-order valence-corrected chi connectivity index (χ0v) is 7.94. The topological polar surface area (TPSA) is 35.2 Å². The van der Waals surface area contributed by atoms with Gasteiger partial charge in [-0.25, -0.2) is 0 Å². The second-order valence-electron chi connectivity index (χ2n) is 2.74. The fourth-order valence-corrected chi connectivity index (χ4v) is 1.41. The van der Waals surface area contributed by atoms with Crippen molar-refractivity contribution in [3.63, 3.8) is 0 Å². The molecule has 64 valence electrons. The van der Waals surface area contributed by atoms with E-state index in [9.17, 15) is 0 Å². The lowest BCUT2D eigenvalue weighted by Crippen LogP contribution is -2.06. The Bertz CT molecular complexity index is 310. The molecule has 2 N–H and O–H groups in total. The van der Waals surface area contributed by atoms with Gasteiger partial charge in [-0.3, -0.25) is 0 Å². The Morgan fingerprint density at radius 1 is 1.42 bits per heavy atom. The predicted octanol–water partition coefficient (Wildman–Crippen LogP) is 1.90. The lowest BCUT2D eigenvalue weighted by molar-refractivity contribution is 0.331. The maximum atomic E-state index is 5.11. The molecule has 0 aliphatic rings. The summed E-state index contributed by atoms with van der Waals surface area (Å²) in [4.78, 5) is 4.72. The van der Waals surface area contributed by atoms with Gasteiger partial charge >= 0.3 is 0 Å². The lowest BCUT2D eigenvalue weighted by Gasteiger charge is -2.07. The molecule has 1 aromatic rings. The molecule has 0 atom stereocenters. The van der Waals surface area contributed by atoms with E-state index in [1.807, 2.05) is 26.0 Å². The van der Waals surface area contributed by atoms with Crippen LogP contribution >= 0.6 is 12.2 Å². The fourth-order valence-electron chi connectivity index (χ4n) is 1.24. The standard InChI is InChI=1S/C9H11NOS/c1-6-3-7(2)9(11-10)8(4-6)5-12/h3-5H,10H2,1-2H3. The molecule has 1 rings (SSSR count). The summed E-state index contributed by atoms with van der Waals surface area (Å²) in [5.74, 6) is 5.77. The average molecular weight is 181 g/mol. The van der Waals surface area contributed by atoms with E-state index < -0.39 is 0 Å². The second-order valence-corrected chi connectivity index (χ2v) is 2.97. The van der Waals surface area contributed by atoms with Crippen molar-refractivity contribution in [2.75, 3.05) is 0 Å². The van der Waals surface area contributed by atoms with Crippen molar-refractivity contribution in [1.82, 2.24) is 0 Å². The molecule has 0 unspecified atom stereocenters. The quantitative estimate of drug-likeness (QED) is 0.559. The molecular formula is C9H11NOS. The number of hydrogen-bond acceptors (Lipinski definition) is 3. The van der Waals surface area contributed by atoms with E-state index >= 15 is 0 Å². The van der Waals surface area contributed by atoms with Gasteiger partial charge in [-0.15, -0.1) is 0 Å². The summed E-state index contributed by atoms with van der Waals surface area (Å²) in [5.41, 5.74) is 3.03. The highest BCUT2D eigenvalue weighted by molar-refractivity contribution is 7.79. The van der Waals surface area contributed by atoms with E-state index in [-0.39, 0.29) is 0 Å². The van der Waals surface area contributed by atoms with Gasteiger partial charge in [0, 0.05) is 10.9 Å². The lowest BCUT2D eigenvalue weighted by atomic mass is 10.1. The van der Waals surface area contributed by atoms with Gasteiger partial charge in [-0.1, -0.05) is 18.3 Å². The number of rotatable bonds is 2. The van der Waals surface area contributed by atoms with Crippen molar-refractivity contribution in [1.29, 1.82) is 0 Å². The van der Waals surface area contributed by atoms with Gasteiger partial charge in [-0.05, 0) is 31.0 Å². The zero-order chi connectivity index (χ0) is 9.14. The number of benzene rings is 1. The van der Waals surface area contributed by atoms with E-state index in [1.165, 1.54) is 0 Å². The largest absolute Gasteiger partial charge is 0.411 e. The first kappa shape index (κ1) is 9.16. The molecule has 0 fully saturated rings. The van der Waals surface area contributed by atoms with Crippen molar-refractivity contribution in [2.24, 2.45) is 5.90 Å². The molecule has 0 spiro atoms. The molecule has 2 nitrogen and oxygen atoms in total. The summed E-state index contributed by atoms with van der Waals surface area (Å²) in [6, 6.07) is 3.95. The monoisotopic (exact) mass is 181 g/mol. The van der Waals surface area contributed by atoms with Gasteiger partial charge in [0.05, 0.1) is 0 Å². The summed E-state index contributed by atoms with van der Waals surface area (Å²) in [6.45, 7) is 3.95. The van der Waals surface area contributed by atoms with E-state index in [0.29, 0.717) is 5.75 Å². The highest BCUT2D eigenvalue weighted by atomic mass is 32.1. The van der Waals surface area contributed by atoms with Gasteiger partial charge in [0.25, 0.3) is 0 Å². The molecule has 0 saturated heterocycles. The first-order valence-corrected chi connectivity index (χ1v) is 4.09. The Hall–Kier alpha value is -0.930. The molecule has 0 bridgehead atoms. The van der Waals surface area contributed by atoms with Crippen molar-refractivity contribution in [3.8, 4) is 5.75 Å². The first-order valence-electron chi connectivity index (χ1n) is 3.62. The molecule has 0 aromatic heterocycles. The highest BCUT2D eigenvalue weighted by Crippen LogP contribution is 2.22. The molecule has 12 heavy (non-hydrogen) atoms. The minimum atomic E-state index is 0.663. The molecule has 3 heteroatoms. The van der Waals surface area contributed by atoms with Crippen LogP contribution in [0.1, 0.15) is 16.7 Å². The number of hydrogen-bond donors (Lipinski definition) is 1. The van der Waals surface area contributed by atoms with Crippen LogP contribution in [-0.2, 0) is 0 Å². The van der Waals surface area contributed by atoms with Crippen LogP contribution in [0, 0.1) is 13.8 Å². The van der Waals surface area contributed by atoms with Crippen molar-refractivity contribution >= 4 is 17.6 Å². The Morgan fingerprint density at radius 3 is 2.58 bits per heavy atom. The van der Waals surface area contributed by atoms with Gasteiger partial charge in [0.2, 0.25) is 0 Å². The predicted molar refractivity (Wildman–Crippen MR) is 53.5 cm³/mol. The van der Waals surface area contributed by atoms with Crippen LogP contribution in [0.25, 0.3) is 0 Å². The van der Waals surface area contributed by atoms with Crippen LogP contribution in [0.2, 0.25) is 0 Å². The summed E-state index contributed by atoms with van der Waals surface area (Å²) in [6.07, 6.45) is 0. The first-order chi connectivity index (χ1) is 5.69. The molecule has 1 aromatic carbocycles. The smallest absolute Gasteiger partial charge is 0.157 e. The average Bonchev–Trinajstić information content (AvgIpc) is 2.03. The Balaban J connectivity index is 3.33. The molecule has 0 saturated carbocycles. The molecule has 0 heterocycles. The SMILES string of the molecule is Cc1cc(C)c(ON)c(C=S)c1. The van der Waals surface area contributed by atoms with Gasteiger partial charge in [-0.2, -0.15) is 5.90 Å². The summed E-state index contributed by atoms with van der Waals surface area (Å²) >= 11 is 4.83. The maximum Gasteiger partial charge on any atom is 0.157 e. The number of thiocarbonyl (C=S) groups is 1. The Morgan fingerprint density at radius 2 is 2.08 bits per heavy atom. The fraction of sp³-hybridized carbons (Fsp3) is 0.222. The number of aryl methyl sites for hydroxylation is 2. The van der Waals surface area contributed by atoms with Crippen molar-refractivity contribution < 1.29 is 4.84 Å². The summed E-state index contributed by atoms with van der Waals surface area (Å²) in [5, 5.41) is 1.57. The minimum Gasteiger partial charge on any atom is -0.411 e. The minimum absolute atomic E-state index is 0.663. The molecular weight excluding hydrogens is 170 g/mol. The van der Waals surface area contributed by atoms with Crippen LogP contribution in [0.4, 0.5) is 0 Å². The Labute approximate surface area is 77.3 Å². The third kappa shape index (κ3) is 1.62. The van der Waals surface area contributed by atoms with E-state index in [0.717, 1.165) is 16.7 Å². The summed E-state index contributed by atoms with van der Waals surface area (Å²) in [7, 11) is 0. The van der Waals surface area contributed by atoms with Crippen molar-refractivity contribution in [3.05, 3.63) is 28.8 Å². The van der Waals surface area contributed by atoms with Crippen LogP contribution < -0.4 is 10.7 Å². The third-order valence-electron chi connectivity index (χ3n) is 1.69. The van der Waals surface area contributed by atoms with Gasteiger partial charge in [0.1, 0.15) is 0 Å². The maximum absolute atomic E-state index is 5.11. The van der Waals surface area contributed by atoms with Crippen molar-refractivity contribution in [2.45, 2.75) is 13.8 Å². The van der Waals surface area contributed by atoms with E-state index in [2.05, 4.69) is 0 Å². The summed E-state index contributed by atoms with van der Waals surface area (Å²) < 4.78 is 0. The molecule has 0 radical (unpaired) electrons. The van der Waals surface area contributed by atoms with Gasteiger partial charge < -0.3 is 4.84 Å². The van der Waals surface area contributed by atoms with Crippen LogP contribution in [0.5, 0.6) is 5.75 Å². The molecule has 0 amide bonds. The van der Waals surface area contributed by atoms with Gasteiger partial charge in [0.15, 0.2) is 5.75 Å². The normalized spacial score (nSPS) is 9.58. The van der Waals surface area contributed by atoms with Crippen LogP contribution in [0.15, 0.2) is 12.1 Å². The zero-order valence-electron chi connectivity index (χ0n) is 7.13. The molecule has 0 aliphatic carbocycles. The highest BCUT2D eigenvalue weighted by Gasteiger charge is 2.04. The number of nitrogens with two attached hydrogens (primary N) is 1.